The predicted molar refractivity (Wildman–Crippen MR) is 106 cm³/mol. The molecule has 0 saturated heterocycles. The van der Waals surface area contributed by atoms with Gasteiger partial charge in [-0.1, -0.05) is 54.1 Å². The van der Waals surface area contributed by atoms with Crippen LogP contribution in [0.3, 0.4) is 0 Å². The molecular weight excluding hydrogens is 322 g/mol. The summed E-state index contributed by atoms with van der Waals surface area (Å²) >= 11 is 0. The maximum atomic E-state index is 9.43. The lowest BCUT2D eigenvalue weighted by Gasteiger charge is -2.16. The maximum Gasteiger partial charge on any atom is 0.119 e. The average molecular weight is 347 g/mol. The molecule has 0 aliphatic rings. The van der Waals surface area contributed by atoms with Crippen molar-refractivity contribution in [1.82, 2.24) is 0 Å². The van der Waals surface area contributed by atoms with Gasteiger partial charge in [-0.15, -0.1) is 0 Å². The molecule has 3 heteroatoms. The molecule has 3 aromatic rings. The molecule has 0 aliphatic heterocycles. The van der Waals surface area contributed by atoms with Gasteiger partial charge in [0.2, 0.25) is 0 Å². The number of phenols is 1. The first-order valence-electron chi connectivity index (χ1n) is 8.90. The van der Waals surface area contributed by atoms with Crippen LogP contribution in [0, 0.1) is 6.92 Å². The number of ether oxygens (including phenoxy) is 1. The molecule has 26 heavy (non-hydrogen) atoms. The highest BCUT2D eigenvalue weighted by atomic mass is 16.5. The molecule has 1 unspecified atom stereocenters. The van der Waals surface area contributed by atoms with Gasteiger partial charge in [-0.3, -0.25) is 0 Å². The van der Waals surface area contributed by atoms with Crippen LogP contribution in [0.4, 0.5) is 0 Å². The van der Waals surface area contributed by atoms with Gasteiger partial charge in [-0.05, 0) is 60.8 Å². The van der Waals surface area contributed by atoms with Gasteiger partial charge in [-0.25, -0.2) is 0 Å². The Hall–Kier alpha value is -2.78. The quantitative estimate of drug-likeness (QED) is 0.658. The van der Waals surface area contributed by atoms with Crippen molar-refractivity contribution in [2.24, 2.45) is 5.73 Å². The van der Waals surface area contributed by atoms with E-state index in [1.165, 1.54) is 11.1 Å². The number of hydrogen-bond acceptors (Lipinski definition) is 3. The van der Waals surface area contributed by atoms with Crippen LogP contribution in [0.25, 0.3) is 0 Å². The summed E-state index contributed by atoms with van der Waals surface area (Å²) in [4.78, 5) is 0. The molecule has 0 heterocycles. The molecule has 3 rings (SSSR count). The summed E-state index contributed by atoms with van der Waals surface area (Å²) in [6.45, 7) is 3.21. The zero-order valence-corrected chi connectivity index (χ0v) is 15.1. The summed E-state index contributed by atoms with van der Waals surface area (Å²) in [6.07, 6.45) is 0.861. The third-order valence-electron chi connectivity index (χ3n) is 4.58. The van der Waals surface area contributed by atoms with Gasteiger partial charge in [0.25, 0.3) is 0 Å². The first kappa shape index (κ1) is 18.0. The van der Waals surface area contributed by atoms with Gasteiger partial charge in [0, 0.05) is 5.92 Å². The van der Waals surface area contributed by atoms with Crippen molar-refractivity contribution in [2.45, 2.75) is 25.9 Å². The lowest BCUT2D eigenvalue weighted by atomic mass is 9.92. The van der Waals surface area contributed by atoms with Crippen molar-refractivity contribution < 1.29 is 9.84 Å². The van der Waals surface area contributed by atoms with E-state index in [1.54, 1.807) is 12.1 Å². The Balaban J connectivity index is 1.59. The van der Waals surface area contributed by atoms with Crippen LogP contribution in [-0.2, 0) is 13.0 Å². The van der Waals surface area contributed by atoms with Crippen LogP contribution in [0.2, 0.25) is 0 Å². The summed E-state index contributed by atoms with van der Waals surface area (Å²) in [5.74, 6) is 1.37. The zero-order valence-electron chi connectivity index (χ0n) is 15.1. The standard InChI is InChI=1S/C23H25NO2/c1-17-2-4-19(5-3-17)16-26-23-12-6-18(7-13-23)14-21(15-24)20-8-10-22(25)11-9-20/h2-13,21,25H,14-16,24H2,1H3. The molecule has 134 valence electrons. The van der Waals surface area contributed by atoms with Crippen molar-refractivity contribution in [2.75, 3.05) is 6.54 Å². The Morgan fingerprint density at radius 2 is 1.46 bits per heavy atom. The fourth-order valence-electron chi connectivity index (χ4n) is 2.94. The second-order valence-electron chi connectivity index (χ2n) is 6.65. The first-order chi connectivity index (χ1) is 12.6. The van der Waals surface area contributed by atoms with E-state index in [1.807, 2.05) is 24.3 Å². The van der Waals surface area contributed by atoms with Gasteiger partial charge in [0.1, 0.15) is 18.1 Å². The summed E-state index contributed by atoms with van der Waals surface area (Å²) in [5, 5.41) is 9.43. The number of rotatable bonds is 7. The molecule has 3 N–H and O–H groups in total. The van der Waals surface area contributed by atoms with Gasteiger partial charge in [0.05, 0.1) is 0 Å². The number of aryl methyl sites for hydroxylation is 1. The SMILES string of the molecule is Cc1ccc(COc2ccc(CC(CN)c3ccc(O)cc3)cc2)cc1. The van der Waals surface area contributed by atoms with E-state index in [4.69, 9.17) is 10.5 Å². The van der Waals surface area contributed by atoms with Gasteiger partial charge in [-0.2, -0.15) is 0 Å². The minimum absolute atomic E-state index is 0.231. The van der Waals surface area contributed by atoms with E-state index in [0.717, 1.165) is 23.3 Å². The molecular formula is C23H25NO2. The molecule has 0 radical (unpaired) electrons. The van der Waals surface area contributed by atoms with Crippen LogP contribution in [0.1, 0.15) is 28.2 Å². The molecule has 0 bridgehead atoms. The van der Waals surface area contributed by atoms with Crippen molar-refractivity contribution in [1.29, 1.82) is 0 Å². The van der Waals surface area contributed by atoms with Crippen LogP contribution >= 0.6 is 0 Å². The zero-order chi connectivity index (χ0) is 18.4. The molecule has 0 aliphatic carbocycles. The van der Waals surface area contributed by atoms with Crippen molar-refractivity contribution >= 4 is 0 Å². The molecule has 0 fully saturated rings. The minimum atomic E-state index is 0.231. The van der Waals surface area contributed by atoms with Gasteiger partial charge < -0.3 is 15.6 Å². The monoisotopic (exact) mass is 347 g/mol. The highest BCUT2D eigenvalue weighted by Gasteiger charge is 2.11. The maximum absolute atomic E-state index is 9.43. The minimum Gasteiger partial charge on any atom is -0.508 e. The Bertz CT molecular complexity index is 808. The topological polar surface area (TPSA) is 55.5 Å². The third-order valence-corrected chi connectivity index (χ3v) is 4.58. The molecule has 0 spiro atoms. The number of hydrogen-bond donors (Lipinski definition) is 2. The fraction of sp³-hybridized carbons (Fsp3) is 0.217. The molecule has 3 aromatic carbocycles. The fourth-order valence-corrected chi connectivity index (χ4v) is 2.94. The molecule has 1 atom stereocenters. The Morgan fingerprint density at radius 1 is 0.846 bits per heavy atom. The highest BCUT2D eigenvalue weighted by Crippen LogP contribution is 2.23. The Labute approximate surface area is 155 Å². The highest BCUT2D eigenvalue weighted by molar-refractivity contribution is 5.32. The normalized spacial score (nSPS) is 11.9. The Kier molecular flexibility index (Phi) is 5.92. The molecule has 0 saturated carbocycles. The van der Waals surface area contributed by atoms with Gasteiger partial charge in [0.15, 0.2) is 0 Å². The van der Waals surface area contributed by atoms with E-state index < -0.39 is 0 Å². The van der Waals surface area contributed by atoms with Gasteiger partial charge >= 0.3 is 0 Å². The largest absolute Gasteiger partial charge is 0.508 e. The summed E-state index contributed by atoms with van der Waals surface area (Å²) in [5.41, 5.74) is 10.7. The molecule has 0 amide bonds. The predicted octanol–water partition coefficient (Wildman–Crippen LogP) is 4.56. The summed E-state index contributed by atoms with van der Waals surface area (Å²) < 4.78 is 5.86. The van der Waals surface area contributed by atoms with E-state index in [9.17, 15) is 5.11 Å². The summed E-state index contributed by atoms with van der Waals surface area (Å²) in [7, 11) is 0. The van der Waals surface area contributed by atoms with E-state index in [-0.39, 0.29) is 11.7 Å². The van der Waals surface area contributed by atoms with E-state index in [0.29, 0.717) is 13.2 Å². The number of nitrogens with two attached hydrogens (primary N) is 1. The lowest BCUT2D eigenvalue weighted by molar-refractivity contribution is 0.306. The lowest BCUT2D eigenvalue weighted by Crippen LogP contribution is -2.15. The van der Waals surface area contributed by atoms with Crippen LogP contribution < -0.4 is 10.5 Å². The van der Waals surface area contributed by atoms with Crippen molar-refractivity contribution in [3.05, 3.63) is 95.1 Å². The summed E-state index contributed by atoms with van der Waals surface area (Å²) in [6, 6.07) is 23.9. The second-order valence-corrected chi connectivity index (χ2v) is 6.65. The average Bonchev–Trinajstić information content (AvgIpc) is 2.67. The van der Waals surface area contributed by atoms with Crippen LogP contribution in [0.15, 0.2) is 72.8 Å². The third kappa shape index (κ3) is 4.87. The van der Waals surface area contributed by atoms with Crippen LogP contribution in [0.5, 0.6) is 11.5 Å². The van der Waals surface area contributed by atoms with E-state index >= 15 is 0 Å². The smallest absolute Gasteiger partial charge is 0.119 e. The van der Waals surface area contributed by atoms with E-state index in [2.05, 4.69) is 43.3 Å². The molecule has 3 nitrogen and oxygen atoms in total. The first-order valence-corrected chi connectivity index (χ1v) is 8.90. The van der Waals surface area contributed by atoms with Crippen LogP contribution in [-0.4, -0.2) is 11.7 Å². The molecule has 0 aromatic heterocycles. The number of aromatic hydroxyl groups is 1. The number of benzene rings is 3. The Morgan fingerprint density at radius 3 is 2.08 bits per heavy atom. The number of phenolic OH excluding ortho intramolecular Hbond substituents is 1. The van der Waals surface area contributed by atoms with Crippen molar-refractivity contribution in [3.63, 3.8) is 0 Å². The van der Waals surface area contributed by atoms with Crippen molar-refractivity contribution in [3.8, 4) is 11.5 Å². The second kappa shape index (κ2) is 8.54.